The second-order valence-corrected chi connectivity index (χ2v) is 4.36. The maximum absolute atomic E-state index is 13.2. The summed E-state index contributed by atoms with van der Waals surface area (Å²) in [4.78, 5) is 4.37. The van der Waals surface area contributed by atoms with E-state index in [2.05, 4.69) is 4.98 Å². The Bertz CT molecular complexity index is 758. The van der Waals surface area contributed by atoms with Crippen molar-refractivity contribution < 1.29 is 14.2 Å². The minimum atomic E-state index is -0.381. The van der Waals surface area contributed by atoms with E-state index < -0.39 is 0 Å². The zero-order valence-corrected chi connectivity index (χ0v) is 10.6. The predicted molar refractivity (Wildman–Crippen MR) is 74.1 cm³/mol. The lowest BCUT2D eigenvalue weighted by atomic mass is 10.1. The first-order valence-electron chi connectivity index (χ1n) is 6.19. The first-order chi connectivity index (χ1) is 9.76. The van der Waals surface area contributed by atoms with Crippen molar-refractivity contribution in [3.8, 4) is 11.6 Å². The van der Waals surface area contributed by atoms with Crippen LogP contribution in [-0.4, -0.2) is 10.1 Å². The average Bonchev–Trinajstić information content (AvgIpc) is 2.46. The molecule has 0 unspecified atom stereocenters. The fourth-order valence-corrected chi connectivity index (χ4v) is 1.99. The van der Waals surface area contributed by atoms with Gasteiger partial charge in [0.2, 0.25) is 5.88 Å². The molecule has 0 saturated carbocycles. The Hall–Kier alpha value is -2.46. The molecular formula is C16H12FNO2. The maximum atomic E-state index is 13.2. The molecule has 1 heterocycles. The number of hydrogen-bond donors (Lipinski definition) is 1. The van der Waals surface area contributed by atoms with E-state index in [9.17, 15) is 9.50 Å². The molecule has 0 radical (unpaired) electrons. The number of aliphatic hydroxyl groups excluding tert-OH is 1. The molecule has 3 rings (SSSR count). The summed E-state index contributed by atoms with van der Waals surface area (Å²) < 4.78 is 18.7. The van der Waals surface area contributed by atoms with Crippen LogP contribution in [-0.2, 0) is 6.61 Å². The van der Waals surface area contributed by atoms with Gasteiger partial charge in [0, 0.05) is 17.0 Å². The molecule has 100 valence electrons. The van der Waals surface area contributed by atoms with Gasteiger partial charge in [0.15, 0.2) is 0 Å². The minimum Gasteiger partial charge on any atom is -0.439 e. The van der Waals surface area contributed by atoms with Crippen LogP contribution in [0.3, 0.4) is 0 Å². The van der Waals surface area contributed by atoms with Gasteiger partial charge < -0.3 is 9.84 Å². The summed E-state index contributed by atoms with van der Waals surface area (Å²) in [6.45, 7) is -0.192. The van der Waals surface area contributed by atoms with Gasteiger partial charge in [-0.15, -0.1) is 0 Å². The van der Waals surface area contributed by atoms with Crippen LogP contribution in [0.15, 0.2) is 54.6 Å². The Labute approximate surface area is 115 Å². The van der Waals surface area contributed by atoms with Crippen LogP contribution in [0.25, 0.3) is 10.9 Å². The molecule has 0 fully saturated rings. The standard InChI is InChI=1S/C16H12FNO2/c17-13-5-3-6-14(9-13)20-16-12(10-19)8-11-4-1-2-7-15(11)18-16/h1-9,19H,10H2. The van der Waals surface area contributed by atoms with Gasteiger partial charge >= 0.3 is 0 Å². The number of aromatic nitrogens is 1. The van der Waals surface area contributed by atoms with Gasteiger partial charge in [-0.3, -0.25) is 0 Å². The van der Waals surface area contributed by atoms with Gasteiger partial charge in [0.25, 0.3) is 0 Å². The van der Waals surface area contributed by atoms with Gasteiger partial charge in [0.05, 0.1) is 12.1 Å². The van der Waals surface area contributed by atoms with Crippen LogP contribution in [0.2, 0.25) is 0 Å². The van der Waals surface area contributed by atoms with Crippen LogP contribution in [0.4, 0.5) is 4.39 Å². The van der Waals surface area contributed by atoms with Crippen molar-refractivity contribution in [2.45, 2.75) is 6.61 Å². The SMILES string of the molecule is OCc1cc2ccccc2nc1Oc1cccc(F)c1. The molecule has 0 aliphatic heterocycles. The highest BCUT2D eigenvalue weighted by Crippen LogP contribution is 2.27. The summed E-state index contributed by atoms with van der Waals surface area (Å²) in [5.74, 6) is 0.258. The van der Waals surface area contributed by atoms with E-state index in [-0.39, 0.29) is 18.3 Å². The summed E-state index contributed by atoms with van der Waals surface area (Å²) in [6, 6.07) is 15.2. The molecule has 4 heteroatoms. The maximum Gasteiger partial charge on any atom is 0.225 e. The highest BCUT2D eigenvalue weighted by Gasteiger charge is 2.09. The van der Waals surface area contributed by atoms with Gasteiger partial charge in [-0.1, -0.05) is 24.3 Å². The fraction of sp³-hybridized carbons (Fsp3) is 0.0625. The van der Waals surface area contributed by atoms with Crippen LogP contribution in [0.5, 0.6) is 11.6 Å². The lowest BCUT2D eigenvalue weighted by Gasteiger charge is -2.10. The van der Waals surface area contributed by atoms with Gasteiger partial charge in [-0.2, -0.15) is 0 Å². The summed E-state index contributed by atoms with van der Waals surface area (Å²) in [7, 11) is 0. The van der Waals surface area contributed by atoms with E-state index in [0.717, 1.165) is 10.9 Å². The molecule has 0 amide bonds. The van der Waals surface area contributed by atoms with Crippen LogP contribution < -0.4 is 4.74 Å². The van der Waals surface area contributed by atoms with E-state index in [4.69, 9.17) is 4.74 Å². The van der Waals surface area contributed by atoms with Gasteiger partial charge in [-0.25, -0.2) is 9.37 Å². The van der Waals surface area contributed by atoms with E-state index in [1.165, 1.54) is 12.1 Å². The first-order valence-corrected chi connectivity index (χ1v) is 6.19. The van der Waals surface area contributed by atoms with Crippen LogP contribution in [0, 0.1) is 5.82 Å². The van der Waals surface area contributed by atoms with Crippen LogP contribution in [0.1, 0.15) is 5.56 Å². The predicted octanol–water partition coefficient (Wildman–Crippen LogP) is 3.66. The van der Waals surface area contributed by atoms with Crippen LogP contribution >= 0.6 is 0 Å². The van der Waals surface area contributed by atoms with Gasteiger partial charge in [0.1, 0.15) is 11.6 Å². The molecule has 0 aliphatic carbocycles. The minimum absolute atomic E-state index is 0.192. The van der Waals surface area contributed by atoms with Crippen molar-refractivity contribution >= 4 is 10.9 Å². The number of pyridine rings is 1. The monoisotopic (exact) mass is 269 g/mol. The normalized spacial score (nSPS) is 10.7. The molecule has 0 bridgehead atoms. The number of ether oxygens (including phenoxy) is 1. The smallest absolute Gasteiger partial charge is 0.225 e. The molecule has 3 aromatic rings. The lowest BCUT2D eigenvalue weighted by Crippen LogP contribution is -1.96. The average molecular weight is 269 g/mol. The lowest BCUT2D eigenvalue weighted by molar-refractivity contribution is 0.275. The molecule has 1 aromatic heterocycles. The number of benzene rings is 2. The third kappa shape index (κ3) is 2.46. The van der Waals surface area contributed by atoms with E-state index >= 15 is 0 Å². The summed E-state index contributed by atoms with van der Waals surface area (Å²) in [5, 5.41) is 10.3. The van der Waals surface area contributed by atoms with E-state index in [0.29, 0.717) is 11.3 Å². The molecule has 0 aliphatic rings. The molecule has 0 atom stereocenters. The van der Waals surface area contributed by atoms with Crippen molar-refractivity contribution in [3.05, 3.63) is 66.0 Å². The third-order valence-electron chi connectivity index (χ3n) is 2.94. The molecule has 0 spiro atoms. The first kappa shape index (κ1) is 12.6. The summed E-state index contributed by atoms with van der Waals surface area (Å²) >= 11 is 0. The van der Waals surface area contributed by atoms with Crippen molar-refractivity contribution in [2.24, 2.45) is 0 Å². The van der Waals surface area contributed by atoms with Crippen molar-refractivity contribution in [1.82, 2.24) is 4.98 Å². The summed E-state index contributed by atoms with van der Waals surface area (Å²) in [5.41, 5.74) is 1.32. The zero-order valence-electron chi connectivity index (χ0n) is 10.6. The van der Waals surface area contributed by atoms with E-state index in [1.807, 2.05) is 30.3 Å². The van der Waals surface area contributed by atoms with Crippen molar-refractivity contribution in [1.29, 1.82) is 0 Å². The third-order valence-corrected chi connectivity index (χ3v) is 2.94. The Morgan fingerprint density at radius 2 is 1.90 bits per heavy atom. The number of aliphatic hydroxyl groups is 1. The highest BCUT2D eigenvalue weighted by atomic mass is 19.1. The second-order valence-electron chi connectivity index (χ2n) is 4.36. The molecule has 2 aromatic carbocycles. The number of fused-ring (bicyclic) bond motifs is 1. The van der Waals surface area contributed by atoms with Crippen molar-refractivity contribution in [3.63, 3.8) is 0 Å². The molecule has 3 nitrogen and oxygen atoms in total. The Morgan fingerprint density at radius 3 is 2.70 bits per heavy atom. The van der Waals surface area contributed by atoms with Gasteiger partial charge in [-0.05, 0) is 24.3 Å². The molecule has 1 N–H and O–H groups in total. The quantitative estimate of drug-likeness (QED) is 0.789. The Balaban J connectivity index is 2.05. The number of para-hydroxylation sites is 1. The zero-order chi connectivity index (χ0) is 13.9. The number of halogens is 1. The highest BCUT2D eigenvalue weighted by molar-refractivity contribution is 5.80. The number of hydrogen-bond acceptors (Lipinski definition) is 3. The summed E-state index contributed by atoms with van der Waals surface area (Å²) in [6.07, 6.45) is 0. The number of rotatable bonds is 3. The Kier molecular flexibility index (Phi) is 3.31. The number of nitrogens with zero attached hydrogens (tertiary/aromatic N) is 1. The van der Waals surface area contributed by atoms with E-state index in [1.54, 1.807) is 12.1 Å². The Morgan fingerprint density at radius 1 is 1.05 bits per heavy atom. The molecule has 20 heavy (non-hydrogen) atoms. The topological polar surface area (TPSA) is 42.4 Å². The fourth-order valence-electron chi connectivity index (χ4n) is 1.99. The molecular weight excluding hydrogens is 257 g/mol. The largest absolute Gasteiger partial charge is 0.439 e. The molecule has 0 saturated heterocycles. The van der Waals surface area contributed by atoms with Crippen molar-refractivity contribution in [2.75, 3.05) is 0 Å². The second kappa shape index (κ2) is 5.27.